The van der Waals surface area contributed by atoms with Crippen LogP contribution in [-0.4, -0.2) is 21.9 Å². The maximum absolute atomic E-state index is 10.6. The van der Waals surface area contributed by atoms with Gasteiger partial charge in [-0.15, -0.1) is 0 Å². The van der Waals surface area contributed by atoms with Gasteiger partial charge in [-0.3, -0.25) is 4.68 Å². The van der Waals surface area contributed by atoms with E-state index in [1.807, 2.05) is 0 Å². The topological polar surface area (TPSA) is 37.2 Å². The zero-order chi connectivity index (χ0) is 12.3. The summed E-state index contributed by atoms with van der Waals surface area (Å²) in [5.74, 6) is 0. The molecule has 1 saturated carbocycles. The molecule has 3 nitrogen and oxygen atoms in total. The molecular weight excluding hydrogens is 212 g/mol. The van der Waals surface area contributed by atoms with Gasteiger partial charge in [0.2, 0.25) is 0 Å². The van der Waals surface area contributed by atoms with Crippen molar-refractivity contribution in [2.24, 2.45) is 0 Å². The van der Waals surface area contributed by atoms with Crippen LogP contribution in [0.2, 0.25) is 0 Å². The molecule has 3 heteroatoms. The van der Waals surface area contributed by atoms with Gasteiger partial charge in [-0.2, -0.15) is 0 Å². The fourth-order valence-electron chi connectivity index (χ4n) is 2.71. The van der Waals surface area contributed by atoms with E-state index in [1.54, 1.807) is 0 Å². The van der Waals surface area contributed by atoms with Crippen molar-refractivity contribution in [1.82, 2.24) is 4.68 Å². The molecule has 0 saturated heterocycles. The third-order valence-electron chi connectivity index (χ3n) is 3.87. The van der Waals surface area contributed by atoms with Gasteiger partial charge in [-0.25, -0.2) is 0 Å². The van der Waals surface area contributed by atoms with Crippen LogP contribution < -0.4 is 5.43 Å². The van der Waals surface area contributed by atoms with Crippen LogP contribution in [0, 0.1) is 13.8 Å². The van der Waals surface area contributed by atoms with Crippen molar-refractivity contribution in [2.75, 3.05) is 12.0 Å². The Balaban J connectivity index is 1.96. The highest BCUT2D eigenvalue weighted by Gasteiger charge is 2.27. The second kappa shape index (κ2) is 5.13. The minimum absolute atomic E-state index is 0.514. The first-order valence-electron chi connectivity index (χ1n) is 6.72. The molecule has 17 heavy (non-hydrogen) atoms. The molecule has 1 aromatic rings. The van der Waals surface area contributed by atoms with Crippen LogP contribution >= 0.6 is 0 Å². The SMILES string of the molecule is Cc1ccc(C)n1NCC1(O)CCCCCC1. The lowest BCUT2D eigenvalue weighted by atomic mass is 9.95. The molecule has 96 valence electrons. The predicted molar refractivity (Wildman–Crippen MR) is 70.8 cm³/mol. The first kappa shape index (κ1) is 12.5. The maximum Gasteiger partial charge on any atom is 0.0835 e. The quantitative estimate of drug-likeness (QED) is 0.792. The molecule has 0 bridgehead atoms. The largest absolute Gasteiger partial charge is 0.388 e. The molecule has 0 atom stereocenters. The zero-order valence-electron chi connectivity index (χ0n) is 11.0. The number of nitrogens with zero attached hydrogens (tertiary/aromatic N) is 1. The summed E-state index contributed by atoms with van der Waals surface area (Å²) >= 11 is 0. The summed E-state index contributed by atoms with van der Waals surface area (Å²) in [6.45, 7) is 4.82. The van der Waals surface area contributed by atoms with Crippen LogP contribution in [0.4, 0.5) is 0 Å². The molecule has 1 aliphatic carbocycles. The summed E-state index contributed by atoms with van der Waals surface area (Å²) < 4.78 is 2.07. The van der Waals surface area contributed by atoms with Crippen molar-refractivity contribution < 1.29 is 5.11 Å². The Hall–Kier alpha value is -0.960. The summed E-state index contributed by atoms with van der Waals surface area (Å²) in [6, 6.07) is 4.19. The van der Waals surface area contributed by atoms with Gasteiger partial charge < -0.3 is 10.5 Å². The lowest BCUT2D eigenvalue weighted by Gasteiger charge is -2.28. The number of hydrogen-bond acceptors (Lipinski definition) is 2. The summed E-state index contributed by atoms with van der Waals surface area (Å²) in [7, 11) is 0. The van der Waals surface area contributed by atoms with Crippen LogP contribution in [0.3, 0.4) is 0 Å². The number of rotatable bonds is 3. The van der Waals surface area contributed by atoms with Crippen molar-refractivity contribution in [3.8, 4) is 0 Å². The normalized spacial score (nSPS) is 19.9. The Kier molecular flexibility index (Phi) is 3.77. The zero-order valence-corrected chi connectivity index (χ0v) is 11.0. The van der Waals surface area contributed by atoms with Gasteiger partial charge in [0.25, 0.3) is 0 Å². The summed E-state index contributed by atoms with van der Waals surface area (Å²) in [6.07, 6.45) is 6.70. The molecule has 2 rings (SSSR count). The molecule has 1 heterocycles. The highest BCUT2D eigenvalue weighted by molar-refractivity contribution is 5.15. The Morgan fingerprint density at radius 3 is 2.18 bits per heavy atom. The molecule has 0 radical (unpaired) electrons. The van der Waals surface area contributed by atoms with Crippen LogP contribution in [0.15, 0.2) is 12.1 Å². The van der Waals surface area contributed by atoms with Crippen molar-refractivity contribution in [3.05, 3.63) is 23.5 Å². The lowest BCUT2D eigenvalue weighted by molar-refractivity contribution is 0.0356. The fraction of sp³-hybridized carbons (Fsp3) is 0.714. The maximum atomic E-state index is 10.6. The number of aliphatic hydroxyl groups is 1. The standard InChI is InChI=1S/C14H24N2O/c1-12-7-8-13(2)16(12)15-11-14(17)9-5-3-4-6-10-14/h7-8,15,17H,3-6,9-11H2,1-2H3. The minimum Gasteiger partial charge on any atom is -0.388 e. The van der Waals surface area contributed by atoms with Gasteiger partial charge in [-0.1, -0.05) is 25.7 Å². The third-order valence-corrected chi connectivity index (χ3v) is 3.87. The van der Waals surface area contributed by atoms with Gasteiger partial charge in [0.1, 0.15) is 0 Å². The van der Waals surface area contributed by atoms with E-state index in [4.69, 9.17) is 0 Å². The predicted octanol–water partition coefficient (Wildman–Crippen LogP) is 2.73. The summed E-state index contributed by atoms with van der Waals surface area (Å²) in [4.78, 5) is 0. The average molecular weight is 236 g/mol. The minimum atomic E-state index is -0.514. The second-order valence-corrected chi connectivity index (χ2v) is 5.42. The van der Waals surface area contributed by atoms with Crippen LogP contribution in [-0.2, 0) is 0 Å². The number of aromatic nitrogens is 1. The average Bonchev–Trinajstić information content (AvgIpc) is 2.51. The lowest BCUT2D eigenvalue weighted by Crippen LogP contribution is -2.39. The van der Waals surface area contributed by atoms with Gasteiger partial charge in [0, 0.05) is 11.4 Å². The van der Waals surface area contributed by atoms with Gasteiger partial charge in [-0.05, 0) is 38.8 Å². The van der Waals surface area contributed by atoms with E-state index in [0.29, 0.717) is 6.54 Å². The number of aryl methyl sites for hydroxylation is 2. The Morgan fingerprint density at radius 2 is 1.65 bits per heavy atom. The number of hydrogen-bond donors (Lipinski definition) is 2. The van der Waals surface area contributed by atoms with E-state index >= 15 is 0 Å². The second-order valence-electron chi connectivity index (χ2n) is 5.42. The highest BCUT2D eigenvalue weighted by atomic mass is 16.3. The first-order valence-corrected chi connectivity index (χ1v) is 6.72. The monoisotopic (exact) mass is 236 g/mol. The summed E-state index contributed by atoms with van der Waals surface area (Å²) in [5, 5.41) is 10.6. The third kappa shape index (κ3) is 3.03. The van der Waals surface area contributed by atoms with Crippen molar-refractivity contribution in [1.29, 1.82) is 0 Å². The highest BCUT2D eigenvalue weighted by Crippen LogP contribution is 2.26. The molecule has 2 N–H and O–H groups in total. The van der Waals surface area contributed by atoms with E-state index in [1.165, 1.54) is 24.2 Å². The van der Waals surface area contributed by atoms with E-state index < -0.39 is 5.60 Å². The molecule has 0 aromatic carbocycles. The molecule has 1 fully saturated rings. The molecule has 0 spiro atoms. The van der Waals surface area contributed by atoms with Crippen molar-refractivity contribution in [3.63, 3.8) is 0 Å². The molecule has 0 unspecified atom stereocenters. The number of nitrogens with one attached hydrogen (secondary N) is 1. The first-order chi connectivity index (χ1) is 8.11. The molecule has 1 aromatic heterocycles. The van der Waals surface area contributed by atoms with Crippen LogP contribution in [0.1, 0.15) is 49.9 Å². The fourth-order valence-corrected chi connectivity index (χ4v) is 2.71. The van der Waals surface area contributed by atoms with Crippen LogP contribution in [0.25, 0.3) is 0 Å². The Bertz CT molecular complexity index is 343. The van der Waals surface area contributed by atoms with Crippen molar-refractivity contribution >= 4 is 0 Å². The van der Waals surface area contributed by atoms with Gasteiger partial charge in [0.05, 0.1) is 12.1 Å². The molecule has 0 amide bonds. The van der Waals surface area contributed by atoms with Gasteiger partial charge >= 0.3 is 0 Å². The van der Waals surface area contributed by atoms with Crippen LogP contribution in [0.5, 0.6) is 0 Å². The summed E-state index contributed by atoms with van der Waals surface area (Å²) in [5.41, 5.74) is 5.24. The Labute approximate surface area is 104 Å². The molecule has 0 aliphatic heterocycles. The Morgan fingerprint density at radius 1 is 1.12 bits per heavy atom. The van der Waals surface area contributed by atoms with Crippen molar-refractivity contribution in [2.45, 2.75) is 58.0 Å². The van der Waals surface area contributed by atoms with E-state index in [9.17, 15) is 5.11 Å². The van der Waals surface area contributed by atoms with Gasteiger partial charge in [0.15, 0.2) is 0 Å². The van der Waals surface area contributed by atoms with E-state index in [0.717, 1.165) is 25.7 Å². The van der Waals surface area contributed by atoms with E-state index in [2.05, 4.69) is 36.1 Å². The molecule has 1 aliphatic rings. The molecular formula is C14H24N2O. The smallest absolute Gasteiger partial charge is 0.0835 e. The van der Waals surface area contributed by atoms with E-state index in [-0.39, 0.29) is 0 Å².